The summed E-state index contributed by atoms with van der Waals surface area (Å²) in [5.41, 5.74) is 0. The molecule has 19 heavy (non-hydrogen) atoms. The fourth-order valence-electron chi connectivity index (χ4n) is 1.31. The van der Waals surface area contributed by atoms with Crippen molar-refractivity contribution in [2.75, 3.05) is 17.2 Å². The number of rotatable bonds is 6. The molecule has 2 aromatic rings. The molecule has 0 bridgehead atoms. The molecule has 0 saturated carbocycles. The van der Waals surface area contributed by atoms with Gasteiger partial charge in [-0.2, -0.15) is 19.9 Å². The van der Waals surface area contributed by atoms with Crippen molar-refractivity contribution in [2.24, 2.45) is 0 Å². The van der Waals surface area contributed by atoms with E-state index in [1.807, 2.05) is 6.92 Å². The predicted molar refractivity (Wildman–Crippen MR) is 70.0 cm³/mol. The van der Waals surface area contributed by atoms with Crippen LogP contribution >= 0.6 is 11.6 Å². The van der Waals surface area contributed by atoms with E-state index in [-0.39, 0.29) is 5.28 Å². The molecule has 2 heterocycles. The molecule has 0 unspecified atom stereocenters. The normalized spacial score (nSPS) is 10.5. The molecule has 0 amide bonds. The summed E-state index contributed by atoms with van der Waals surface area (Å²) >= 11 is 5.82. The van der Waals surface area contributed by atoms with Crippen LogP contribution in [0.15, 0.2) is 4.52 Å². The largest absolute Gasteiger partial charge is 0.354 e. The molecule has 2 rings (SSSR count). The van der Waals surface area contributed by atoms with Gasteiger partial charge in [0.1, 0.15) is 0 Å². The van der Waals surface area contributed by atoms with E-state index in [4.69, 9.17) is 16.1 Å². The predicted octanol–water partition coefficient (Wildman–Crippen LogP) is 1.65. The monoisotopic (exact) mass is 283 g/mol. The highest BCUT2D eigenvalue weighted by molar-refractivity contribution is 6.28. The van der Waals surface area contributed by atoms with Gasteiger partial charge in [-0.15, -0.1) is 0 Å². The smallest absolute Gasteiger partial charge is 0.246 e. The highest BCUT2D eigenvalue weighted by Crippen LogP contribution is 2.10. The van der Waals surface area contributed by atoms with Gasteiger partial charge in [-0.3, -0.25) is 0 Å². The lowest BCUT2D eigenvalue weighted by Crippen LogP contribution is -2.09. The Balaban J connectivity index is 2.01. The molecular formula is C10H14ClN7O. The van der Waals surface area contributed by atoms with Crippen molar-refractivity contribution in [1.82, 2.24) is 25.1 Å². The fraction of sp³-hybridized carbons (Fsp3) is 0.500. The van der Waals surface area contributed by atoms with Crippen LogP contribution < -0.4 is 10.6 Å². The average molecular weight is 284 g/mol. The van der Waals surface area contributed by atoms with Gasteiger partial charge in [-0.05, 0) is 24.9 Å². The number of hydrogen-bond acceptors (Lipinski definition) is 8. The summed E-state index contributed by atoms with van der Waals surface area (Å²) in [4.78, 5) is 16.2. The van der Waals surface area contributed by atoms with Crippen LogP contribution in [0.4, 0.5) is 11.9 Å². The first kappa shape index (κ1) is 13.5. The molecule has 8 nitrogen and oxygen atoms in total. The molecule has 0 spiro atoms. The van der Waals surface area contributed by atoms with Crippen LogP contribution in [0.2, 0.25) is 5.28 Å². The zero-order valence-electron chi connectivity index (χ0n) is 10.6. The molecule has 0 radical (unpaired) electrons. The minimum atomic E-state index is 0.123. The zero-order chi connectivity index (χ0) is 13.7. The van der Waals surface area contributed by atoms with Crippen LogP contribution in [-0.2, 0) is 6.54 Å². The van der Waals surface area contributed by atoms with E-state index < -0.39 is 0 Å². The second kappa shape index (κ2) is 6.28. The third-order valence-corrected chi connectivity index (χ3v) is 2.28. The Morgan fingerprint density at radius 1 is 1.11 bits per heavy atom. The number of halogens is 1. The van der Waals surface area contributed by atoms with Crippen LogP contribution in [0.25, 0.3) is 0 Å². The Morgan fingerprint density at radius 2 is 1.84 bits per heavy atom. The summed E-state index contributed by atoms with van der Waals surface area (Å²) < 4.78 is 4.97. The Bertz CT molecular complexity index is 544. The van der Waals surface area contributed by atoms with E-state index in [9.17, 15) is 0 Å². The van der Waals surface area contributed by atoms with Crippen LogP contribution in [0, 0.1) is 6.92 Å². The SMILES string of the molecule is CCCNc1nc(Cl)nc(NCc2nc(C)no2)n1. The maximum absolute atomic E-state index is 5.82. The molecule has 102 valence electrons. The molecule has 0 aliphatic rings. The van der Waals surface area contributed by atoms with Gasteiger partial charge in [-0.25, -0.2) is 0 Å². The quantitative estimate of drug-likeness (QED) is 0.825. The van der Waals surface area contributed by atoms with Gasteiger partial charge in [0.15, 0.2) is 5.82 Å². The second-order valence-electron chi connectivity index (χ2n) is 3.77. The fourth-order valence-corrected chi connectivity index (χ4v) is 1.47. The third kappa shape index (κ3) is 4.02. The lowest BCUT2D eigenvalue weighted by atomic mass is 10.5. The molecule has 0 aliphatic carbocycles. The van der Waals surface area contributed by atoms with Crippen LogP contribution in [-0.4, -0.2) is 31.6 Å². The molecule has 9 heteroatoms. The van der Waals surface area contributed by atoms with Crippen molar-refractivity contribution in [3.8, 4) is 0 Å². The van der Waals surface area contributed by atoms with Crippen molar-refractivity contribution >= 4 is 23.5 Å². The first-order valence-corrected chi connectivity index (χ1v) is 6.23. The van der Waals surface area contributed by atoms with Crippen molar-refractivity contribution in [3.05, 3.63) is 17.0 Å². The molecule has 0 atom stereocenters. The van der Waals surface area contributed by atoms with Crippen molar-refractivity contribution < 1.29 is 4.52 Å². The van der Waals surface area contributed by atoms with Crippen molar-refractivity contribution in [1.29, 1.82) is 0 Å². The number of nitrogens with zero attached hydrogens (tertiary/aromatic N) is 5. The lowest BCUT2D eigenvalue weighted by Gasteiger charge is -2.06. The number of hydrogen-bond donors (Lipinski definition) is 2. The number of aryl methyl sites for hydroxylation is 1. The maximum atomic E-state index is 5.82. The van der Waals surface area contributed by atoms with E-state index in [1.54, 1.807) is 6.92 Å². The number of aromatic nitrogens is 5. The van der Waals surface area contributed by atoms with E-state index >= 15 is 0 Å². The molecule has 0 aliphatic heterocycles. The summed E-state index contributed by atoms with van der Waals surface area (Å²) in [7, 11) is 0. The third-order valence-electron chi connectivity index (χ3n) is 2.11. The van der Waals surface area contributed by atoms with Gasteiger partial charge < -0.3 is 15.2 Å². The highest BCUT2D eigenvalue weighted by atomic mass is 35.5. The van der Waals surface area contributed by atoms with Crippen molar-refractivity contribution in [3.63, 3.8) is 0 Å². The molecule has 2 N–H and O–H groups in total. The minimum Gasteiger partial charge on any atom is -0.354 e. The Hall–Kier alpha value is -1.96. The van der Waals surface area contributed by atoms with Gasteiger partial charge >= 0.3 is 0 Å². The van der Waals surface area contributed by atoms with Crippen LogP contribution in [0.5, 0.6) is 0 Å². The second-order valence-corrected chi connectivity index (χ2v) is 4.11. The van der Waals surface area contributed by atoms with Crippen LogP contribution in [0.1, 0.15) is 25.1 Å². The van der Waals surface area contributed by atoms with E-state index in [0.29, 0.717) is 30.2 Å². The van der Waals surface area contributed by atoms with Crippen molar-refractivity contribution in [2.45, 2.75) is 26.8 Å². The molecule has 0 aromatic carbocycles. The summed E-state index contributed by atoms with van der Waals surface area (Å²) in [6, 6.07) is 0. The highest BCUT2D eigenvalue weighted by Gasteiger charge is 2.07. The summed E-state index contributed by atoms with van der Waals surface area (Å²) in [6.07, 6.45) is 0.966. The van der Waals surface area contributed by atoms with Crippen LogP contribution in [0.3, 0.4) is 0 Å². The van der Waals surface area contributed by atoms with Gasteiger partial charge in [0, 0.05) is 6.54 Å². The van der Waals surface area contributed by atoms with Gasteiger partial charge in [0.25, 0.3) is 0 Å². The summed E-state index contributed by atoms with van der Waals surface area (Å²) in [6.45, 7) is 4.89. The van der Waals surface area contributed by atoms with Gasteiger partial charge in [-0.1, -0.05) is 12.1 Å². The Morgan fingerprint density at radius 3 is 2.47 bits per heavy atom. The lowest BCUT2D eigenvalue weighted by molar-refractivity contribution is 0.379. The number of nitrogens with one attached hydrogen (secondary N) is 2. The molecular weight excluding hydrogens is 270 g/mol. The average Bonchev–Trinajstić information content (AvgIpc) is 2.79. The van der Waals surface area contributed by atoms with E-state index in [1.165, 1.54) is 0 Å². The topological polar surface area (TPSA) is 102 Å². The summed E-state index contributed by atoms with van der Waals surface area (Å²) in [5, 5.41) is 9.80. The van der Waals surface area contributed by atoms with E-state index in [0.717, 1.165) is 13.0 Å². The van der Waals surface area contributed by atoms with Gasteiger partial charge in [0.05, 0.1) is 6.54 Å². The first-order valence-electron chi connectivity index (χ1n) is 5.86. The minimum absolute atomic E-state index is 0.123. The Labute approximate surface area is 115 Å². The Kier molecular flexibility index (Phi) is 4.45. The first-order chi connectivity index (χ1) is 9.17. The summed E-state index contributed by atoms with van der Waals surface area (Å²) in [5.74, 6) is 1.83. The number of anilines is 2. The van der Waals surface area contributed by atoms with Gasteiger partial charge in [0.2, 0.25) is 23.1 Å². The maximum Gasteiger partial charge on any atom is 0.246 e. The molecule has 2 aromatic heterocycles. The molecule has 0 saturated heterocycles. The zero-order valence-corrected chi connectivity index (χ0v) is 11.4. The molecule has 0 fully saturated rings. The standard InChI is InChI=1S/C10H14ClN7O/c1-3-4-12-9-15-8(11)16-10(17-9)13-5-7-14-6(2)18-19-7/h3-5H2,1-2H3,(H2,12,13,15,16,17). The van der Waals surface area contributed by atoms with E-state index in [2.05, 4.69) is 35.7 Å².